The van der Waals surface area contributed by atoms with Crippen molar-refractivity contribution in [2.75, 3.05) is 11.9 Å². The first-order valence-corrected chi connectivity index (χ1v) is 6.13. The van der Waals surface area contributed by atoms with Crippen LogP contribution in [0.4, 0.5) is 5.69 Å². The summed E-state index contributed by atoms with van der Waals surface area (Å²) in [4.78, 5) is 11.7. The first kappa shape index (κ1) is 14.5. The van der Waals surface area contributed by atoms with Gasteiger partial charge in [-0.3, -0.25) is 4.79 Å². The van der Waals surface area contributed by atoms with Gasteiger partial charge in [0, 0.05) is 18.5 Å². The smallest absolute Gasteiger partial charge is 0.225 e. The van der Waals surface area contributed by atoms with E-state index in [4.69, 9.17) is 0 Å². The van der Waals surface area contributed by atoms with E-state index in [1.54, 1.807) is 25.1 Å². The van der Waals surface area contributed by atoms with Crippen molar-refractivity contribution in [3.63, 3.8) is 0 Å². The summed E-state index contributed by atoms with van der Waals surface area (Å²) in [6.45, 7) is 8.57. The standard InChI is InChI=1S/C14H22N2O2/c1-10-6-5-7-11(13(10)18)16-12(17)8-9-15-14(2,3)4/h5-7,15,18H,8-9H2,1-4H3,(H,16,17). The number of hydrogen-bond acceptors (Lipinski definition) is 3. The van der Waals surface area contributed by atoms with Crippen LogP contribution < -0.4 is 10.6 Å². The van der Waals surface area contributed by atoms with Gasteiger partial charge in [-0.25, -0.2) is 0 Å². The molecule has 0 bridgehead atoms. The summed E-state index contributed by atoms with van der Waals surface area (Å²) >= 11 is 0. The number of amides is 1. The Labute approximate surface area is 108 Å². The van der Waals surface area contributed by atoms with Crippen LogP contribution in [-0.2, 0) is 4.79 Å². The second-order valence-electron chi connectivity index (χ2n) is 5.45. The van der Waals surface area contributed by atoms with Crippen molar-refractivity contribution in [3.8, 4) is 5.75 Å². The van der Waals surface area contributed by atoms with E-state index in [0.717, 1.165) is 5.56 Å². The molecule has 1 amide bonds. The number of phenols is 1. The lowest BCUT2D eigenvalue weighted by Gasteiger charge is -2.20. The molecule has 0 fully saturated rings. The zero-order chi connectivity index (χ0) is 13.8. The molecule has 0 unspecified atom stereocenters. The van der Waals surface area contributed by atoms with Gasteiger partial charge in [0.25, 0.3) is 0 Å². The minimum absolute atomic E-state index is 0.00571. The van der Waals surface area contributed by atoms with Crippen molar-refractivity contribution in [3.05, 3.63) is 23.8 Å². The minimum atomic E-state index is -0.104. The molecule has 0 heterocycles. The zero-order valence-electron chi connectivity index (χ0n) is 11.5. The molecule has 0 aliphatic rings. The third-order valence-corrected chi connectivity index (χ3v) is 2.52. The number of aromatic hydroxyl groups is 1. The topological polar surface area (TPSA) is 61.4 Å². The molecule has 0 saturated heterocycles. The van der Waals surface area contributed by atoms with Gasteiger partial charge >= 0.3 is 0 Å². The number of hydrogen-bond donors (Lipinski definition) is 3. The highest BCUT2D eigenvalue weighted by Gasteiger charge is 2.11. The molecule has 1 aromatic rings. The van der Waals surface area contributed by atoms with Crippen LogP contribution in [0.15, 0.2) is 18.2 Å². The fourth-order valence-corrected chi connectivity index (χ4v) is 1.52. The van der Waals surface area contributed by atoms with Gasteiger partial charge in [0.2, 0.25) is 5.91 Å². The first-order valence-electron chi connectivity index (χ1n) is 6.13. The minimum Gasteiger partial charge on any atom is -0.505 e. The molecule has 4 nitrogen and oxygen atoms in total. The van der Waals surface area contributed by atoms with Crippen molar-refractivity contribution in [2.24, 2.45) is 0 Å². The van der Waals surface area contributed by atoms with Crippen molar-refractivity contribution in [2.45, 2.75) is 39.7 Å². The van der Waals surface area contributed by atoms with Crippen LogP contribution in [0.5, 0.6) is 5.75 Å². The van der Waals surface area contributed by atoms with Crippen LogP contribution in [0.25, 0.3) is 0 Å². The molecule has 0 radical (unpaired) electrons. The molecule has 0 atom stereocenters. The normalized spacial score (nSPS) is 11.3. The van der Waals surface area contributed by atoms with Crippen molar-refractivity contribution >= 4 is 11.6 Å². The summed E-state index contributed by atoms with van der Waals surface area (Å²) in [5.41, 5.74) is 1.22. The average Bonchev–Trinajstić information content (AvgIpc) is 2.23. The Hall–Kier alpha value is -1.55. The van der Waals surface area contributed by atoms with Gasteiger partial charge in [0.05, 0.1) is 5.69 Å². The van der Waals surface area contributed by atoms with E-state index in [9.17, 15) is 9.90 Å². The Morgan fingerprint density at radius 1 is 1.33 bits per heavy atom. The lowest BCUT2D eigenvalue weighted by molar-refractivity contribution is -0.116. The van der Waals surface area contributed by atoms with Crippen molar-refractivity contribution in [1.82, 2.24) is 5.32 Å². The quantitative estimate of drug-likeness (QED) is 0.719. The fourth-order valence-electron chi connectivity index (χ4n) is 1.52. The number of carbonyl (C=O) groups excluding carboxylic acids is 1. The molecule has 0 aromatic heterocycles. The summed E-state index contributed by atoms with van der Waals surface area (Å²) < 4.78 is 0. The van der Waals surface area contributed by atoms with E-state index in [1.165, 1.54) is 0 Å². The Morgan fingerprint density at radius 3 is 2.61 bits per heavy atom. The summed E-state index contributed by atoms with van der Waals surface area (Å²) in [5.74, 6) is 0.0299. The summed E-state index contributed by atoms with van der Waals surface area (Å²) in [7, 11) is 0. The molecule has 0 aliphatic heterocycles. The Balaban J connectivity index is 2.48. The van der Waals surface area contributed by atoms with Crippen molar-refractivity contribution in [1.29, 1.82) is 0 Å². The SMILES string of the molecule is Cc1cccc(NC(=O)CCNC(C)(C)C)c1O. The third-order valence-electron chi connectivity index (χ3n) is 2.52. The van der Waals surface area contributed by atoms with E-state index in [0.29, 0.717) is 18.7 Å². The number of phenolic OH excluding ortho intramolecular Hbond substituents is 1. The van der Waals surface area contributed by atoms with Crippen LogP contribution >= 0.6 is 0 Å². The zero-order valence-corrected chi connectivity index (χ0v) is 11.5. The summed E-state index contributed by atoms with van der Waals surface area (Å²) in [5, 5.41) is 15.7. The lowest BCUT2D eigenvalue weighted by atomic mass is 10.1. The number of rotatable bonds is 4. The first-order chi connectivity index (χ1) is 8.29. The van der Waals surface area contributed by atoms with Crippen LogP contribution in [0.1, 0.15) is 32.8 Å². The molecule has 1 aromatic carbocycles. The van der Waals surface area contributed by atoms with Gasteiger partial charge < -0.3 is 15.7 Å². The second kappa shape index (κ2) is 5.87. The maximum Gasteiger partial charge on any atom is 0.225 e. The number of para-hydroxylation sites is 1. The van der Waals surface area contributed by atoms with Gasteiger partial charge in [0.15, 0.2) is 0 Å². The number of aryl methyl sites for hydroxylation is 1. The van der Waals surface area contributed by atoms with Gasteiger partial charge in [0.1, 0.15) is 5.75 Å². The summed E-state index contributed by atoms with van der Waals surface area (Å²) in [6.07, 6.45) is 0.380. The third kappa shape index (κ3) is 4.75. The van der Waals surface area contributed by atoms with Crippen LogP contribution in [0, 0.1) is 6.92 Å². The lowest BCUT2D eigenvalue weighted by Crippen LogP contribution is -2.37. The van der Waals surface area contributed by atoms with Gasteiger partial charge in [-0.2, -0.15) is 0 Å². The Bertz CT molecular complexity index is 422. The van der Waals surface area contributed by atoms with E-state index in [-0.39, 0.29) is 17.2 Å². The maximum absolute atomic E-state index is 11.7. The maximum atomic E-state index is 11.7. The monoisotopic (exact) mass is 250 g/mol. The highest BCUT2D eigenvalue weighted by molar-refractivity contribution is 5.92. The van der Waals surface area contributed by atoms with E-state index < -0.39 is 0 Å². The van der Waals surface area contributed by atoms with Gasteiger partial charge in [-0.1, -0.05) is 12.1 Å². The molecule has 4 heteroatoms. The molecule has 18 heavy (non-hydrogen) atoms. The van der Waals surface area contributed by atoms with Gasteiger partial charge in [-0.15, -0.1) is 0 Å². The van der Waals surface area contributed by atoms with E-state index in [2.05, 4.69) is 31.4 Å². The number of nitrogens with one attached hydrogen (secondary N) is 2. The highest BCUT2D eigenvalue weighted by Crippen LogP contribution is 2.26. The molecule has 3 N–H and O–H groups in total. The van der Waals surface area contributed by atoms with E-state index >= 15 is 0 Å². The number of carbonyl (C=O) groups is 1. The predicted octanol–water partition coefficient (Wildman–Crippen LogP) is 2.42. The fraction of sp³-hybridized carbons (Fsp3) is 0.500. The molecule has 0 aliphatic carbocycles. The average molecular weight is 250 g/mol. The highest BCUT2D eigenvalue weighted by atomic mass is 16.3. The molecule has 100 valence electrons. The van der Waals surface area contributed by atoms with Crippen LogP contribution in [-0.4, -0.2) is 23.1 Å². The van der Waals surface area contributed by atoms with Crippen molar-refractivity contribution < 1.29 is 9.90 Å². The number of anilines is 1. The van der Waals surface area contributed by atoms with E-state index in [1.807, 2.05) is 0 Å². The molecule has 0 saturated carbocycles. The molecule has 1 rings (SSSR count). The largest absolute Gasteiger partial charge is 0.505 e. The molecular weight excluding hydrogens is 228 g/mol. The summed E-state index contributed by atoms with van der Waals surface area (Å²) in [6, 6.07) is 5.29. The molecule has 0 spiro atoms. The van der Waals surface area contributed by atoms with Crippen LogP contribution in [0.2, 0.25) is 0 Å². The van der Waals surface area contributed by atoms with Crippen LogP contribution in [0.3, 0.4) is 0 Å². The Morgan fingerprint density at radius 2 is 2.00 bits per heavy atom. The second-order valence-corrected chi connectivity index (χ2v) is 5.45. The molecular formula is C14H22N2O2. The number of benzene rings is 1. The van der Waals surface area contributed by atoms with Gasteiger partial charge in [-0.05, 0) is 39.3 Å². The Kier molecular flexibility index (Phi) is 4.73. The predicted molar refractivity (Wildman–Crippen MR) is 73.8 cm³/mol.